The van der Waals surface area contributed by atoms with Crippen LogP contribution in [-0.2, 0) is 21.1 Å². The van der Waals surface area contributed by atoms with Crippen LogP contribution >= 0.6 is 0 Å². The molecule has 1 fully saturated rings. The predicted molar refractivity (Wildman–Crippen MR) is 162 cm³/mol. The maximum atomic E-state index is 14.6. The van der Waals surface area contributed by atoms with Crippen LogP contribution in [0.5, 0.6) is 0 Å². The molecule has 3 N–H and O–H groups in total. The summed E-state index contributed by atoms with van der Waals surface area (Å²) in [5.41, 5.74) is 7.17. The number of hydrogen-bond acceptors (Lipinski definition) is 7. The van der Waals surface area contributed by atoms with E-state index in [0.717, 1.165) is 41.1 Å². The number of aromatic amines is 2. The van der Waals surface area contributed by atoms with E-state index in [1.165, 1.54) is 12.1 Å². The second-order valence-corrected chi connectivity index (χ2v) is 13.2. The summed E-state index contributed by atoms with van der Waals surface area (Å²) in [6.07, 6.45) is 8.16. The van der Waals surface area contributed by atoms with Gasteiger partial charge in [0, 0.05) is 46.6 Å². The Balaban J connectivity index is 1.25. The Bertz CT molecular complexity index is 2150. The fraction of sp³-hybridized carbons (Fsp3) is 0.194. The van der Waals surface area contributed by atoms with Crippen molar-refractivity contribution in [1.82, 2.24) is 30.1 Å². The van der Waals surface area contributed by atoms with Gasteiger partial charge in [0.1, 0.15) is 26.9 Å². The Morgan fingerprint density at radius 3 is 2.70 bits per heavy atom. The molecule has 0 bridgehead atoms. The van der Waals surface area contributed by atoms with Gasteiger partial charge in [-0.3, -0.25) is 19.9 Å². The number of carbonyl (C=O) groups excluding carboxylic acids is 1. The number of rotatable bonds is 8. The number of hydrogen-bond donors (Lipinski definition) is 3. The van der Waals surface area contributed by atoms with Gasteiger partial charge in [-0.1, -0.05) is 0 Å². The number of fused-ring (bicyclic) bond motifs is 2. The van der Waals surface area contributed by atoms with Crippen LogP contribution in [0.25, 0.3) is 55.8 Å². The molecule has 0 spiro atoms. The molecule has 10 nitrogen and oxygen atoms in total. The van der Waals surface area contributed by atoms with Crippen LogP contribution < -0.4 is 5.32 Å². The first-order chi connectivity index (χ1) is 20.7. The van der Waals surface area contributed by atoms with Gasteiger partial charge in [0.15, 0.2) is 0 Å². The van der Waals surface area contributed by atoms with Crippen LogP contribution in [0.2, 0.25) is 0 Å². The van der Waals surface area contributed by atoms with E-state index in [1.807, 2.05) is 30.3 Å². The lowest BCUT2D eigenvalue weighted by Gasteiger charge is -2.07. The molecular weight excluding hydrogens is 569 g/mol. The quantitative estimate of drug-likeness (QED) is 0.216. The van der Waals surface area contributed by atoms with Gasteiger partial charge in [-0.25, -0.2) is 17.8 Å². The molecule has 1 aliphatic carbocycles. The number of aryl methyl sites for hydroxylation is 1. The summed E-state index contributed by atoms with van der Waals surface area (Å²) in [6.45, 7) is 0. The summed E-state index contributed by atoms with van der Waals surface area (Å²) < 4.78 is 37.9. The highest BCUT2D eigenvalue weighted by molar-refractivity contribution is 7.90. The Hall–Kier alpha value is -4.97. The molecule has 0 aliphatic heterocycles. The van der Waals surface area contributed by atoms with Gasteiger partial charge in [0.25, 0.3) is 0 Å². The zero-order chi connectivity index (χ0) is 29.7. The molecule has 1 amide bonds. The monoisotopic (exact) mass is 595 g/mol. The molecule has 7 rings (SSSR count). The average molecular weight is 596 g/mol. The van der Waals surface area contributed by atoms with E-state index >= 15 is 0 Å². The number of benzene rings is 1. The van der Waals surface area contributed by atoms with Gasteiger partial charge >= 0.3 is 0 Å². The van der Waals surface area contributed by atoms with Crippen LogP contribution in [0.15, 0.2) is 67.1 Å². The highest BCUT2D eigenvalue weighted by atomic mass is 32.2. The lowest BCUT2D eigenvalue weighted by atomic mass is 10.0. The van der Waals surface area contributed by atoms with Gasteiger partial charge in [-0.05, 0) is 73.4 Å². The molecule has 216 valence electrons. The molecule has 0 radical (unpaired) electrons. The summed E-state index contributed by atoms with van der Waals surface area (Å²) in [5.74, 6) is -0.438. The molecule has 0 saturated heterocycles. The maximum Gasteiger partial charge on any atom is 0.227 e. The fourth-order valence-electron chi connectivity index (χ4n) is 5.13. The van der Waals surface area contributed by atoms with Crippen molar-refractivity contribution < 1.29 is 17.6 Å². The predicted octanol–water partition coefficient (Wildman–Crippen LogP) is 5.30. The number of nitrogens with one attached hydrogen (secondary N) is 3. The number of amides is 1. The third-order valence-electron chi connectivity index (χ3n) is 7.45. The van der Waals surface area contributed by atoms with Crippen LogP contribution in [0, 0.1) is 11.7 Å². The van der Waals surface area contributed by atoms with E-state index in [1.54, 1.807) is 24.7 Å². The van der Waals surface area contributed by atoms with Crippen molar-refractivity contribution in [3.63, 3.8) is 0 Å². The largest absolute Gasteiger partial charge is 0.353 e. The van der Waals surface area contributed by atoms with Crippen molar-refractivity contribution in [2.45, 2.75) is 19.3 Å². The molecule has 6 aromatic rings. The van der Waals surface area contributed by atoms with Gasteiger partial charge in [-0.2, -0.15) is 5.10 Å². The smallest absolute Gasteiger partial charge is 0.227 e. The lowest BCUT2D eigenvalue weighted by Crippen LogP contribution is -2.13. The number of nitrogens with zero attached hydrogens (tertiary/aromatic N) is 4. The van der Waals surface area contributed by atoms with Crippen LogP contribution in [0.1, 0.15) is 18.4 Å². The normalized spacial score (nSPS) is 13.5. The second-order valence-electron chi connectivity index (χ2n) is 10.9. The first-order valence-corrected chi connectivity index (χ1v) is 15.8. The summed E-state index contributed by atoms with van der Waals surface area (Å²) in [6, 6.07) is 13.9. The minimum absolute atomic E-state index is 0.00974. The molecular formula is C31H26FN7O3S. The number of H-pyrrole nitrogens is 2. The molecule has 0 unspecified atom stereocenters. The van der Waals surface area contributed by atoms with Gasteiger partial charge in [0.2, 0.25) is 5.91 Å². The van der Waals surface area contributed by atoms with E-state index in [2.05, 4.69) is 30.5 Å². The standard InChI is InChI=1S/C31H26FN7O3S/c1-43(41,42)9-7-17-10-19(12-21(32)11-17)28-23-14-27(36-25(23)6-8-34-28)30-29-26(38-39-30)5-4-24(37-29)20-13-22(16-33-15-20)35-31(40)18-2-3-18/h4-6,8,10-16,18,36H,2-3,7,9H2,1H3,(H,35,40)(H,38,39). The SMILES string of the molecule is CS(=O)(=O)CCc1cc(F)cc(-c2nccc3[nH]c(-c4n[nH]c5ccc(-c6cncc(NC(=O)C7CC7)c6)nc45)cc23)c1. The summed E-state index contributed by atoms with van der Waals surface area (Å²) in [7, 11) is -3.20. The highest BCUT2D eigenvalue weighted by Crippen LogP contribution is 2.34. The topological polar surface area (TPSA) is 146 Å². The van der Waals surface area contributed by atoms with E-state index in [4.69, 9.17) is 4.98 Å². The van der Waals surface area contributed by atoms with Gasteiger partial charge < -0.3 is 10.3 Å². The molecule has 43 heavy (non-hydrogen) atoms. The third-order valence-corrected chi connectivity index (χ3v) is 8.40. The minimum Gasteiger partial charge on any atom is -0.353 e. The Labute approximate surface area is 245 Å². The summed E-state index contributed by atoms with van der Waals surface area (Å²) in [5, 5.41) is 11.2. The van der Waals surface area contributed by atoms with Gasteiger partial charge in [0.05, 0.1) is 40.2 Å². The third kappa shape index (κ3) is 5.61. The Morgan fingerprint density at radius 1 is 1.02 bits per heavy atom. The summed E-state index contributed by atoms with van der Waals surface area (Å²) >= 11 is 0. The van der Waals surface area contributed by atoms with Crippen molar-refractivity contribution >= 4 is 43.4 Å². The maximum absolute atomic E-state index is 14.6. The number of halogens is 1. The summed E-state index contributed by atoms with van der Waals surface area (Å²) in [4.78, 5) is 29.3. The highest BCUT2D eigenvalue weighted by Gasteiger charge is 2.29. The van der Waals surface area contributed by atoms with Crippen molar-refractivity contribution in [3.8, 4) is 33.9 Å². The first-order valence-electron chi connectivity index (χ1n) is 13.8. The van der Waals surface area contributed by atoms with E-state index < -0.39 is 15.7 Å². The van der Waals surface area contributed by atoms with Crippen LogP contribution in [0.3, 0.4) is 0 Å². The molecule has 1 aromatic carbocycles. The van der Waals surface area contributed by atoms with Crippen molar-refractivity contribution in [2.24, 2.45) is 5.92 Å². The van der Waals surface area contributed by atoms with Crippen molar-refractivity contribution in [2.75, 3.05) is 17.3 Å². The first kappa shape index (κ1) is 26.9. The van der Waals surface area contributed by atoms with Crippen molar-refractivity contribution in [1.29, 1.82) is 0 Å². The van der Waals surface area contributed by atoms with Crippen LogP contribution in [-0.4, -0.2) is 56.5 Å². The molecule has 12 heteroatoms. The Kier molecular flexibility index (Phi) is 6.50. The number of sulfone groups is 1. The Morgan fingerprint density at radius 2 is 1.88 bits per heavy atom. The average Bonchev–Trinajstić information content (AvgIpc) is 3.61. The van der Waals surface area contributed by atoms with E-state index in [9.17, 15) is 17.6 Å². The zero-order valence-corrected chi connectivity index (χ0v) is 23.9. The molecule has 5 heterocycles. The fourth-order valence-corrected chi connectivity index (χ4v) is 5.74. The van der Waals surface area contributed by atoms with Crippen LogP contribution in [0.4, 0.5) is 10.1 Å². The van der Waals surface area contributed by atoms with E-state index in [-0.39, 0.29) is 24.0 Å². The molecule has 0 atom stereocenters. The zero-order valence-electron chi connectivity index (χ0n) is 23.1. The van der Waals surface area contributed by atoms with E-state index in [0.29, 0.717) is 45.1 Å². The molecule has 5 aromatic heterocycles. The number of carbonyl (C=O) groups is 1. The lowest BCUT2D eigenvalue weighted by molar-refractivity contribution is -0.117. The number of aromatic nitrogens is 6. The molecule has 1 aliphatic rings. The second kappa shape index (κ2) is 10.4. The van der Waals surface area contributed by atoms with Gasteiger partial charge in [-0.15, -0.1) is 0 Å². The van der Waals surface area contributed by atoms with Crippen molar-refractivity contribution in [3.05, 3.63) is 78.5 Å². The number of anilines is 1. The number of pyridine rings is 3. The molecule has 1 saturated carbocycles. The minimum atomic E-state index is -3.20.